The van der Waals surface area contributed by atoms with Crippen LogP contribution in [-0.2, 0) is 24.9 Å². The maximum absolute atomic E-state index is 14.0. The fraction of sp³-hybridized carbons (Fsp3) is 0.414. The topological polar surface area (TPSA) is 73.2 Å². The van der Waals surface area contributed by atoms with Gasteiger partial charge in [0, 0.05) is 62.6 Å². The highest BCUT2D eigenvalue weighted by Crippen LogP contribution is 2.43. The molecule has 4 heterocycles. The van der Waals surface area contributed by atoms with Crippen LogP contribution in [0.4, 0.5) is 14.5 Å². The number of imidazole rings is 1. The lowest BCUT2D eigenvalue weighted by molar-refractivity contribution is -0.132. The fourth-order valence-corrected chi connectivity index (χ4v) is 5.89. The lowest BCUT2D eigenvalue weighted by Crippen LogP contribution is -2.38. The number of hydrogen-bond donors (Lipinski definition) is 0. The Morgan fingerprint density at radius 3 is 2.67 bits per heavy atom. The Kier molecular flexibility index (Phi) is 6.17. The first-order chi connectivity index (χ1) is 18.8. The molecule has 0 saturated heterocycles. The number of rotatable bonds is 4. The highest BCUT2D eigenvalue weighted by Gasteiger charge is 2.38. The number of nitrogens with zero attached hydrogens (tertiary/aromatic N) is 7. The molecule has 3 aromatic heterocycles. The predicted molar refractivity (Wildman–Crippen MR) is 143 cm³/mol. The molecule has 0 bridgehead atoms. The Labute approximate surface area is 225 Å². The molecule has 0 atom stereocenters. The van der Waals surface area contributed by atoms with Gasteiger partial charge in [0.25, 0.3) is 0 Å². The van der Waals surface area contributed by atoms with Gasteiger partial charge in [-0.25, -0.2) is 18.6 Å². The number of aryl methyl sites for hydroxylation is 1. The van der Waals surface area contributed by atoms with Crippen molar-refractivity contribution >= 4 is 22.5 Å². The summed E-state index contributed by atoms with van der Waals surface area (Å²) in [5.41, 5.74) is 4.92. The molecule has 1 aromatic carbocycles. The van der Waals surface area contributed by atoms with Crippen LogP contribution in [-0.4, -0.2) is 47.6 Å². The second-order valence-electron chi connectivity index (χ2n) is 10.5. The number of carbonyl (C=O) groups is 1. The zero-order valence-corrected chi connectivity index (χ0v) is 22.0. The van der Waals surface area contributed by atoms with Crippen molar-refractivity contribution < 1.29 is 13.6 Å². The number of aromatic nitrogens is 5. The molecule has 0 radical (unpaired) electrons. The van der Waals surface area contributed by atoms with E-state index in [4.69, 9.17) is 16.5 Å². The van der Waals surface area contributed by atoms with Crippen molar-refractivity contribution in [1.82, 2.24) is 29.2 Å². The first-order valence-electron chi connectivity index (χ1n) is 13.3. The van der Waals surface area contributed by atoms with Crippen LogP contribution in [0.5, 0.6) is 0 Å². The van der Waals surface area contributed by atoms with Crippen LogP contribution in [0.1, 0.15) is 56.5 Å². The lowest BCUT2D eigenvalue weighted by atomic mass is 9.86. The zero-order valence-electron chi connectivity index (χ0n) is 22.0. The molecule has 39 heavy (non-hydrogen) atoms. The largest absolute Gasteiger partial charge is 0.335 e. The number of amides is 1. The van der Waals surface area contributed by atoms with E-state index in [2.05, 4.69) is 14.5 Å². The van der Waals surface area contributed by atoms with Crippen LogP contribution < -0.4 is 0 Å². The number of halogens is 2. The first-order valence-corrected chi connectivity index (χ1v) is 13.3. The molecule has 10 heteroatoms. The van der Waals surface area contributed by atoms with E-state index < -0.39 is 5.92 Å². The molecule has 2 aliphatic rings. The van der Waals surface area contributed by atoms with Crippen LogP contribution >= 0.6 is 0 Å². The van der Waals surface area contributed by atoms with Gasteiger partial charge >= 0.3 is 0 Å². The van der Waals surface area contributed by atoms with E-state index in [1.165, 1.54) is 0 Å². The van der Waals surface area contributed by atoms with E-state index in [-0.39, 0.29) is 24.7 Å². The molecule has 1 aliphatic carbocycles. The van der Waals surface area contributed by atoms with Crippen LogP contribution in [0, 0.1) is 6.57 Å². The van der Waals surface area contributed by atoms with E-state index in [1.54, 1.807) is 10.9 Å². The summed E-state index contributed by atoms with van der Waals surface area (Å²) in [7, 11) is 1.82. The second-order valence-corrected chi connectivity index (χ2v) is 10.5. The lowest BCUT2D eigenvalue weighted by Gasteiger charge is -2.32. The smallest absolute Gasteiger partial charge is 0.248 e. The van der Waals surface area contributed by atoms with Crippen LogP contribution in [0.3, 0.4) is 0 Å². The molecule has 1 fully saturated rings. The van der Waals surface area contributed by atoms with Gasteiger partial charge in [-0.3, -0.25) is 14.5 Å². The Bertz CT molecular complexity index is 1620. The summed E-state index contributed by atoms with van der Waals surface area (Å²) in [6.07, 6.45) is 4.42. The molecule has 1 aliphatic heterocycles. The standard InChI is InChI=1S/C29H29F2N7O/c1-4-25(39)37-12-13-38-24(17-37)27(35-28(38)18-8-10-29(30,31)11-9-18)20-6-5-7-22-21(20)14-23(32-2)26(34-22)19-15-33-36(3)16-19/h5-7,14-16,18H,4,8-13,17H2,1,3H3. The third-order valence-electron chi connectivity index (χ3n) is 7.97. The van der Waals surface area contributed by atoms with Gasteiger partial charge in [0.15, 0.2) is 0 Å². The maximum atomic E-state index is 14.0. The van der Waals surface area contributed by atoms with Gasteiger partial charge in [-0.05, 0) is 30.4 Å². The summed E-state index contributed by atoms with van der Waals surface area (Å²) in [6.45, 7) is 11.2. The fourth-order valence-electron chi connectivity index (χ4n) is 5.89. The van der Waals surface area contributed by atoms with Gasteiger partial charge in [0.2, 0.25) is 17.5 Å². The van der Waals surface area contributed by atoms with Crippen LogP contribution in [0.2, 0.25) is 0 Å². The average molecular weight is 530 g/mol. The zero-order chi connectivity index (χ0) is 27.3. The number of alkyl halides is 2. The van der Waals surface area contributed by atoms with Gasteiger partial charge in [-0.1, -0.05) is 19.1 Å². The van der Waals surface area contributed by atoms with Gasteiger partial charge in [-0.2, -0.15) is 5.10 Å². The maximum Gasteiger partial charge on any atom is 0.248 e. The van der Waals surface area contributed by atoms with Crippen molar-refractivity contribution in [3.63, 3.8) is 0 Å². The molecular weight excluding hydrogens is 500 g/mol. The highest BCUT2D eigenvalue weighted by atomic mass is 19.3. The Balaban J connectivity index is 1.50. The summed E-state index contributed by atoms with van der Waals surface area (Å²) in [5.74, 6) is -1.79. The third kappa shape index (κ3) is 4.46. The summed E-state index contributed by atoms with van der Waals surface area (Å²) in [5, 5.41) is 5.02. The Morgan fingerprint density at radius 1 is 1.18 bits per heavy atom. The minimum absolute atomic E-state index is 0.0605. The number of fused-ring (bicyclic) bond motifs is 2. The normalized spacial score (nSPS) is 17.3. The number of pyridine rings is 1. The van der Waals surface area contributed by atoms with Crippen molar-refractivity contribution in [2.24, 2.45) is 7.05 Å². The number of hydrogen-bond acceptors (Lipinski definition) is 4. The number of carbonyl (C=O) groups excluding carboxylic acids is 1. The van der Waals surface area contributed by atoms with E-state index in [1.807, 2.05) is 49.3 Å². The minimum Gasteiger partial charge on any atom is -0.335 e. The van der Waals surface area contributed by atoms with Crippen molar-refractivity contribution in [2.45, 2.75) is 64.0 Å². The first kappa shape index (κ1) is 25.2. The van der Waals surface area contributed by atoms with E-state index in [9.17, 15) is 13.6 Å². The monoisotopic (exact) mass is 529 g/mol. The van der Waals surface area contributed by atoms with Crippen molar-refractivity contribution in [1.29, 1.82) is 0 Å². The SMILES string of the molecule is [C-]#[N+]c1cc2c(-c3nc(C4CCC(F)(F)CC4)n4c3CN(C(=O)CC)CC4)cccc2nc1-c1cnn(C)c1. The highest BCUT2D eigenvalue weighted by molar-refractivity contribution is 5.99. The van der Waals surface area contributed by atoms with E-state index in [0.717, 1.165) is 39.2 Å². The molecule has 6 rings (SSSR count). The Hall–Kier alpha value is -4.13. The number of benzene rings is 1. The van der Waals surface area contributed by atoms with Gasteiger partial charge in [0.1, 0.15) is 5.82 Å². The second kappa shape index (κ2) is 9.56. The Morgan fingerprint density at radius 2 is 1.97 bits per heavy atom. The predicted octanol–water partition coefficient (Wildman–Crippen LogP) is 6.09. The summed E-state index contributed by atoms with van der Waals surface area (Å²) >= 11 is 0. The molecule has 200 valence electrons. The van der Waals surface area contributed by atoms with Crippen molar-refractivity contribution in [2.75, 3.05) is 6.54 Å². The average Bonchev–Trinajstić information content (AvgIpc) is 3.55. The van der Waals surface area contributed by atoms with Crippen molar-refractivity contribution in [3.8, 4) is 22.5 Å². The summed E-state index contributed by atoms with van der Waals surface area (Å²) in [6, 6.07) is 7.63. The van der Waals surface area contributed by atoms with Crippen LogP contribution in [0.15, 0.2) is 36.7 Å². The van der Waals surface area contributed by atoms with Crippen LogP contribution in [0.25, 0.3) is 38.3 Å². The summed E-state index contributed by atoms with van der Waals surface area (Å²) in [4.78, 5) is 28.2. The molecule has 4 aromatic rings. The molecule has 0 N–H and O–H groups in total. The minimum atomic E-state index is -2.62. The molecule has 8 nitrogen and oxygen atoms in total. The molecular formula is C29H29F2N7O. The summed E-state index contributed by atoms with van der Waals surface area (Å²) < 4.78 is 31.8. The quantitative estimate of drug-likeness (QED) is 0.300. The molecule has 0 unspecified atom stereocenters. The van der Waals surface area contributed by atoms with Gasteiger partial charge in [-0.15, -0.1) is 0 Å². The van der Waals surface area contributed by atoms with E-state index >= 15 is 0 Å². The third-order valence-corrected chi connectivity index (χ3v) is 7.97. The van der Waals surface area contributed by atoms with Gasteiger partial charge < -0.3 is 9.47 Å². The molecule has 1 amide bonds. The van der Waals surface area contributed by atoms with Gasteiger partial charge in [0.05, 0.1) is 41.9 Å². The molecule has 1 saturated carbocycles. The van der Waals surface area contributed by atoms with Crippen molar-refractivity contribution in [3.05, 3.63) is 59.6 Å². The molecule has 0 spiro atoms. The van der Waals surface area contributed by atoms with E-state index in [0.29, 0.717) is 50.3 Å².